The summed E-state index contributed by atoms with van der Waals surface area (Å²) in [4.78, 5) is 34.7. The summed E-state index contributed by atoms with van der Waals surface area (Å²) in [6.07, 6.45) is 10.1. The number of benzene rings is 1. The molecule has 0 radical (unpaired) electrons. The second kappa shape index (κ2) is 12.0. The van der Waals surface area contributed by atoms with Gasteiger partial charge in [0.05, 0.1) is 19.5 Å². The second-order valence-corrected chi connectivity index (χ2v) is 6.52. The van der Waals surface area contributed by atoms with Crippen molar-refractivity contribution in [3.63, 3.8) is 0 Å². The monoisotopic (exact) mass is 427 g/mol. The van der Waals surface area contributed by atoms with Crippen LogP contribution in [0, 0.1) is 0 Å². The summed E-state index contributed by atoms with van der Waals surface area (Å²) in [6, 6.07) is 8.37. The van der Waals surface area contributed by atoms with Crippen LogP contribution in [0.25, 0.3) is 10.9 Å². The first-order chi connectivity index (χ1) is 14.9. The van der Waals surface area contributed by atoms with Gasteiger partial charge < -0.3 is 24.1 Å². The molecule has 31 heavy (non-hydrogen) atoms. The van der Waals surface area contributed by atoms with Crippen molar-refractivity contribution in [1.29, 1.82) is 0 Å². The highest BCUT2D eigenvalue weighted by molar-refractivity contribution is 5.89. The standard InChI is InChI=1S/C18H21N3O2.C4H4O4/c1-2-23-18(22)8-5-10-21-13-15(12-20-11-9-19-14-20)16-6-3-4-7-17(16)21;5-3(6)1-2-4(7)8/h3-4,6-7,9,11,13-14H,2,5,8,10,12H2,1H3;1-2H,(H,5,6)(H,7,8). The van der Waals surface area contributed by atoms with Crippen LogP contribution in [0.15, 0.2) is 61.3 Å². The van der Waals surface area contributed by atoms with Crippen molar-refractivity contribution >= 4 is 28.8 Å². The molecule has 1 aromatic carbocycles. The average molecular weight is 427 g/mol. The first-order valence-corrected chi connectivity index (χ1v) is 9.72. The van der Waals surface area contributed by atoms with Gasteiger partial charge in [-0.25, -0.2) is 14.6 Å². The quantitative estimate of drug-likeness (QED) is 0.397. The summed E-state index contributed by atoms with van der Waals surface area (Å²) in [5.74, 6) is -2.64. The molecule has 0 atom stereocenters. The lowest BCUT2D eigenvalue weighted by Crippen LogP contribution is -2.06. The van der Waals surface area contributed by atoms with Gasteiger partial charge in [-0.05, 0) is 25.0 Å². The van der Waals surface area contributed by atoms with Gasteiger partial charge in [0.25, 0.3) is 0 Å². The average Bonchev–Trinajstić information content (AvgIpc) is 3.36. The number of aromatic nitrogens is 3. The van der Waals surface area contributed by atoms with Gasteiger partial charge in [0.1, 0.15) is 0 Å². The molecule has 2 aromatic heterocycles. The second-order valence-electron chi connectivity index (χ2n) is 6.52. The molecule has 0 saturated heterocycles. The van der Waals surface area contributed by atoms with Crippen molar-refractivity contribution in [3.05, 3.63) is 66.9 Å². The topological polar surface area (TPSA) is 124 Å². The van der Waals surface area contributed by atoms with E-state index >= 15 is 0 Å². The molecule has 9 heteroatoms. The molecule has 3 aromatic rings. The molecule has 164 valence electrons. The van der Waals surface area contributed by atoms with Crippen molar-refractivity contribution in [2.45, 2.75) is 32.9 Å². The number of esters is 1. The molecule has 0 aliphatic carbocycles. The smallest absolute Gasteiger partial charge is 0.328 e. The van der Waals surface area contributed by atoms with Gasteiger partial charge in [0, 0.05) is 54.6 Å². The Morgan fingerprint density at radius 3 is 2.45 bits per heavy atom. The van der Waals surface area contributed by atoms with Crippen molar-refractivity contribution in [1.82, 2.24) is 14.1 Å². The third kappa shape index (κ3) is 7.81. The van der Waals surface area contributed by atoms with E-state index in [9.17, 15) is 14.4 Å². The Kier molecular flexibility index (Phi) is 9.03. The minimum Gasteiger partial charge on any atom is -0.478 e. The highest BCUT2D eigenvalue weighted by atomic mass is 16.5. The van der Waals surface area contributed by atoms with Gasteiger partial charge >= 0.3 is 17.9 Å². The number of carboxylic acids is 2. The fourth-order valence-electron chi connectivity index (χ4n) is 2.98. The fraction of sp³-hybridized carbons (Fsp3) is 0.273. The molecule has 0 aliphatic rings. The Labute approximate surface area is 179 Å². The number of ether oxygens (including phenoxy) is 1. The van der Waals surface area contributed by atoms with Crippen LogP contribution in [-0.4, -0.2) is 48.8 Å². The molecule has 9 nitrogen and oxygen atoms in total. The van der Waals surface area contributed by atoms with Crippen LogP contribution in [0.2, 0.25) is 0 Å². The first-order valence-electron chi connectivity index (χ1n) is 9.72. The number of rotatable bonds is 9. The zero-order chi connectivity index (χ0) is 22.6. The number of aryl methyl sites for hydroxylation is 1. The van der Waals surface area contributed by atoms with E-state index in [4.69, 9.17) is 14.9 Å². The van der Waals surface area contributed by atoms with E-state index in [1.807, 2.05) is 25.5 Å². The molecule has 0 aliphatic heterocycles. The minimum atomic E-state index is -1.26. The summed E-state index contributed by atoms with van der Waals surface area (Å²) < 4.78 is 9.27. The molecule has 2 heterocycles. The zero-order valence-corrected chi connectivity index (χ0v) is 17.2. The van der Waals surface area contributed by atoms with E-state index < -0.39 is 11.9 Å². The number of fused-ring (bicyclic) bond motifs is 1. The van der Waals surface area contributed by atoms with Gasteiger partial charge in [-0.3, -0.25) is 4.79 Å². The number of carbonyl (C=O) groups is 3. The van der Waals surface area contributed by atoms with Crippen LogP contribution in [0.3, 0.4) is 0 Å². The fourth-order valence-corrected chi connectivity index (χ4v) is 2.98. The Morgan fingerprint density at radius 1 is 1.13 bits per heavy atom. The molecule has 2 N–H and O–H groups in total. The first kappa shape index (κ1) is 23.4. The van der Waals surface area contributed by atoms with Gasteiger partial charge in [-0.1, -0.05) is 18.2 Å². The van der Waals surface area contributed by atoms with Crippen LogP contribution in [0.1, 0.15) is 25.3 Å². The molecule has 0 unspecified atom stereocenters. The van der Waals surface area contributed by atoms with Crippen LogP contribution < -0.4 is 0 Å². The number of aliphatic carboxylic acids is 2. The van der Waals surface area contributed by atoms with Crippen molar-refractivity contribution in [3.8, 4) is 0 Å². The van der Waals surface area contributed by atoms with E-state index in [-0.39, 0.29) is 5.97 Å². The lowest BCUT2D eigenvalue weighted by molar-refractivity contribution is -0.143. The number of imidazole rings is 1. The third-order valence-corrected chi connectivity index (χ3v) is 4.24. The highest BCUT2D eigenvalue weighted by Gasteiger charge is 2.09. The third-order valence-electron chi connectivity index (χ3n) is 4.24. The predicted octanol–water partition coefficient (Wildman–Crippen LogP) is 2.94. The van der Waals surface area contributed by atoms with Crippen LogP contribution in [-0.2, 0) is 32.2 Å². The van der Waals surface area contributed by atoms with Gasteiger partial charge in [-0.2, -0.15) is 0 Å². The maximum Gasteiger partial charge on any atom is 0.328 e. The van der Waals surface area contributed by atoms with Crippen LogP contribution in [0.5, 0.6) is 0 Å². The summed E-state index contributed by atoms with van der Waals surface area (Å²) in [5.41, 5.74) is 2.46. The van der Waals surface area contributed by atoms with Gasteiger partial charge in [0.2, 0.25) is 0 Å². The predicted molar refractivity (Wildman–Crippen MR) is 114 cm³/mol. The molecule has 0 bridgehead atoms. The zero-order valence-electron chi connectivity index (χ0n) is 17.2. The molecule has 0 saturated carbocycles. The highest BCUT2D eigenvalue weighted by Crippen LogP contribution is 2.22. The van der Waals surface area contributed by atoms with Gasteiger partial charge in [0.15, 0.2) is 0 Å². The van der Waals surface area contributed by atoms with Crippen LogP contribution in [0.4, 0.5) is 0 Å². The lowest BCUT2D eigenvalue weighted by Gasteiger charge is -2.05. The number of hydrogen-bond acceptors (Lipinski definition) is 5. The van der Waals surface area contributed by atoms with E-state index in [1.54, 1.807) is 6.20 Å². The Hall–Kier alpha value is -3.88. The molecular weight excluding hydrogens is 402 g/mol. The largest absolute Gasteiger partial charge is 0.478 e. The number of carboxylic acid groups (broad SMARTS) is 2. The van der Waals surface area contributed by atoms with Gasteiger partial charge in [-0.15, -0.1) is 0 Å². The van der Waals surface area contributed by atoms with E-state index in [0.717, 1.165) is 19.5 Å². The molecule has 0 fully saturated rings. The normalized spacial score (nSPS) is 10.6. The number of para-hydroxylation sites is 1. The Morgan fingerprint density at radius 2 is 1.84 bits per heavy atom. The molecule has 0 spiro atoms. The van der Waals surface area contributed by atoms with E-state index in [1.165, 1.54) is 16.5 Å². The molecule has 0 amide bonds. The van der Waals surface area contributed by atoms with Crippen molar-refractivity contribution < 1.29 is 29.3 Å². The summed E-state index contributed by atoms with van der Waals surface area (Å²) >= 11 is 0. The maximum absolute atomic E-state index is 11.5. The molecular formula is C22H25N3O6. The maximum atomic E-state index is 11.5. The number of carbonyl (C=O) groups excluding carboxylic acids is 1. The summed E-state index contributed by atoms with van der Waals surface area (Å²) in [6.45, 7) is 3.88. The van der Waals surface area contributed by atoms with Crippen LogP contribution >= 0.6 is 0 Å². The van der Waals surface area contributed by atoms with Crippen molar-refractivity contribution in [2.24, 2.45) is 0 Å². The number of nitrogens with zero attached hydrogens (tertiary/aromatic N) is 3. The summed E-state index contributed by atoms with van der Waals surface area (Å²) in [7, 11) is 0. The molecule has 3 rings (SSSR count). The van der Waals surface area contributed by atoms with E-state index in [2.05, 4.69) is 38.5 Å². The van der Waals surface area contributed by atoms with Crippen molar-refractivity contribution in [2.75, 3.05) is 6.61 Å². The Bertz CT molecular complexity index is 1020. The minimum absolute atomic E-state index is 0.123. The number of hydrogen-bond donors (Lipinski definition) is 2. The SMILES string of the molecule is CCOC(=O)CCCn1cc(Cn2ccnc2)c2ccccc21.O=C(O)C=CC(=O)O. The lowest BCUT2D eigenvalue weighted by atomic mass is 10.2. The Balaban J connectivity index is 0.000000366. The summed E-state index contributed by atoms with van der Waals surface area (Å²) in [5, 5.41) is 16.9. The van der Waals surface area contributed by atoms with E-state index in [0.29, 0.717) is 25.2 Å².